The van der Waals surface area contributed by atoms with E-state index in [4.69, 9.17) is 5.11 Å². The Morgan fingerprint density at radius 3 is 2.94 bits per heavy atom. The molecule has 0 saturated heterocycles. The van der Waals surface area contributed by atoms with E-state index in [9.17, 15) is 4.79 Å². The monoisotopic (exact) mass is 237 g/mol. The van der Waals surface area contributed by atoms with Gasteiger partial charge in [-0.1, -0.05) is 0 Å². The average molecular weight is 237 g/mol. The van der Waals surface area contributed by atoms with Crippen LogP contribution in [0.15, 0.2) is 18.3 Å². The Hall–Kier alpha value is -1.46. The molecule has 0 saturated carbocycles. The third kappa shape index (κ3) is 4.93. The molecule has 0 spiro atoms. The molecular formula is C12H19N3O2. The lowest BCUT2D eigenvalue weighted by Crippen LogP contribution is -2.27. The predicted molar refractivity (Wildman–Crippen MR) is 65.7 cm³/mol. The van der Waals surface area contributed by atoms with Crippen LogP contribution in [0.3, 0.4) is 0 Å². The molecule has 1 aromatic rings. The van der Waals surface area contributed by atoms with Gasteiger partial charge in [0.25, 0.3) is 5.91 Å². The number of nitrogens with one attached hydrogen (secondary N) is 1. The highest BCUT2D eigenvalue weighted by Gasteiger charge is 2.05. The van der Waals surface area contributed by atoms with Gasteiger partial charge in [-0.25, -0.2) is 0 Å². The summed E-state index contributed by atoms with van der Waals surface area (Å²) in [5.41, 5.74) is 1.04. The first kappa shape index (κ1) is 13.6. The van der Waals surface area contributed by atoms with Crippen LogP contribution in [0, 0.1) is 0 Å². The van der Waals surface area contributed by atoms with Gasteiger partial charge in [0.15, 0.2) is 0 Å². The molecule has 1 heterocycles. The van der Waals surface area contributed by atoms with Crippen molar-refractivity contribution in [1.29, 1.82) is 0 Å². The maximum Gasteiger partial charge on any atom is 0.251 e. The van der Waals surface area contributed by atoms with Gasteiger partial charge >= 0.3 is 0 Å². The normalized spacial score (nSPS) is 10.6. The molecule has 1 aromatic heterocycles. The molecule has 0 aliphatic heterocycles. The van der Waals surface area contributed by atoms with Crippen LogP contribution in [0.2, 0.25) is 0 Å². The minimum atomic E-state index is -0.151. The van der Waals surface area contributed by atoms with Crippen molar-refractivity contribution in [3.63, 3.8) is 0 Å². The molecular weight excluding hydrogens is 218 g/mol. The van der Waals surface area contributed by atoms with Crippen molar-refractivity contribution in [1.82, 2.24) is 15.2 Å². The Balaban J connectivity index is 2.41. The minimum Gasteiger partial charge on any atom is -0.390 e. The van der Waals surface area contributed by atoms with Crippen molar-refractivity contribution < 1.29 is 9.90 Å². The third-order valence-corrected chi connectivity index (χ3v) is 2.31. The summed E-state index contributed by atoms with van der Waals surface area (Å²) in [6, 6.07) is 3.24. The smallest absolute Gasteiger partial charge is 0.251 e. The number of pyridine rings is 1. The number of aliphatic hydroxyl groups excluding tert-OH is 1. The summed E-state index contributed by atoms with van der Waals surface area (Å²) in [7, 11) is 4.00. The molecule has 0 aliphatic carbocycles. The Kier molecular flexibility index (Phi) is 5.59. The van der Waals surface area contributed by atoms with Gasteiger partial charge in [0, 0.05) is 18.3 Å². The molecule has 0 atom stereocenters. The number of rotatable bonds is 6. The Bertz CT molecular complexity index is 367. The average Bonchev–Trinajstić information content (AvgIpc) is 2.34. The molecule has 1 amide bonds. The van der Waals surface area contributed by atoms with Gasteiger partial charge in [-0.05, 0) is 39.2 Å². The zero-order valence-corrected chi connectivity index (χ0v) is 10.3. The zero-order valence-electron chi connectivity index (χ0n) is 10.3. The van der Waals surface area contributed by atoms with E-state index in [0.29, 0.717) is 17.8 Å². The van der Waals surface area contributed by atoms with Gasteiger partial charge in [-0.2, -0.15) is 0 Å². The molecule has 0 aliphatic rings. The summed E-state index contributed by atoms with van der Waals surface area (Å²) < 4.78 is 0. The standard InChI is InChI=1S/C12H19N3O2/c1-15(2)7-3-5-14-12(17)10-4-6-13-11(8-10)9-16/h4,6,8,16H,3,5,7,9H2,1-2H3,(H,14,17). The Morgan fingerprint density at radius 1 is 1.53 bits per heavy atom. The molecule has 0 fully saturated rings. The van der Waals surface area contributed by atoms with Crippen LogP contribution in [-0.4, -0.2) is 48.1 Å². The quantitative estimate of drug-likeness (QED) is 0.696. The molecule has 5 nitrogen and oxygen atoms in total. The summed E-state index contributed by atoms with van der Waals surface area (Å²) >= 11 is 0. The van der Waals surface area contributed by atoms with Gasteiger partial charge < -0.3 is 15.3 Å². The number of aromatic nitrogens is 1. The van der Waals surface area contributed by atoms with Crippen LogP contribution in [0.4, 0.5) is 0 Å². The van der Waals surface area contributed by atoms with Crippen LogP contribution >= 0.6 is 0 Å². The molecule has 17 heavy (non-hydrogen) atoms. The van der Waals surface area contributed by atoms with Crippen molar-refractivity contribution in [3.05, 3.63) is 29.6 Å². The van der Waals surface area contributed by atoms with Crippen molar-refractivity contribution in [2.24, 2.45) is 0 Å². The Labute approximate surface area is 101 Å². The van der Waals surface area contributed by atoms with Gasteiger partial charge in [0.1, 0.15) is 0 Å². The third-order valence-electron chi connectivity index (χ3n) is 2.31. The predicted octanol–water partition coefficient (Wildman–Crippen LogP) is 0.255. The van der Waals surface area contributed by atoms with E-state index in [0.717, 1.165) is 13.0 Å². The maximum atomic E-state index is 11.7. The molecule has 1 rings (SSSR count). The number of amides is 1. The highest BCUT2D eigenvalue weighted by atomic mass is 16.3. The topological polar surface area (TPSA) is 65.5 Å². The summed E-state index contributed by atoms with van der Waals surface area (Å²) in [5.74, 6) is -0.124. The number of aliphatic hydroxyl groups is 1. The van der Waals surface area contributed by atoms with E-state index < -0.39 is 0 Å². The van der Waals surface area contributed by atoms with E-state index in [1.807, 2.05) is 14.1 Å². The Morgan fingerprint density at radius 2 is 2.29 bits per heavy atom. The number of carbonyl (C=O) groups is 1. The van der Waals surface area contributed by atoms with Crippen LogP contribution in [0.5, 0.6) is 0 Å². The minimum absolute atomic E-state index is 0.124. The summed E-state index contributed by atoms with van der Waals surface area (Å²) in [5, 5.41) is 11.7. The van der Waals surface area contributed by atoms with Crippen molar-refractivity contribution >= 4 is 5.91 Å². The lowest BCUT2D eigenvalue weighted by Gasteiger charge is -2.10. The van der Waals surface area contributed by atoms with E-state index >= 15 is 0 Å². The summed E-state index contributed by atoms with van der Waals surface area (Å²) in [6.45, 7) is 1.44. The first-order chi connectivity index (χ1) is 8.13. The number of nitrogens with zero attached hydrogens (tertiary/aromatic N) is 2. The van der Waals surface area contributed by atoms with Gasteiger partial charge in [0.05, 0.1) is 12.3 Å². The highest BCUT2D eigenvalue weighted by Crippen LogP contribution is 2.01. The van der Waals surface area contributed by atoms with Crippen LogP contribution in [0.25, 0.3) is 0 Å². The maximum absolute atomic E-state index is 11.7. The molecule has 2 N–H and O–H groups in total. The largest absolute Gasteiger partial charge is 0.390 e. The van der Waals surface area contributed by atoms with E-state index in [1.54, 1.807) is 12.1 Å². The fourth-order valence-corrected chi connectivity index (χ4v) is 1.41. The fraction of sp³-hybridized carbons (Fsp3) is 0.500. The lowest BCUT2D eigenvalue weighted by molar-refractivity contribution is 0.0952. The van der Waals surface area contributed by atoms with Gasteiger partial charge in [-0.15, -0.1) is 0 Å². The second-order valence-electron chi connectivity index (χ2n) is 4.11. The second-order valence-corrected chi connectivity index (χ2v) is 4.11. The molecule has 0 bridgehead atoms. The van der Waals surface area contributed by atoms with Gasteiger partial charge in [0.2, 0.25) is 0 Å². The van der Waals surface area contributed by atoms with Crippen LogP contribution in [0.1, 0.15) is 22.5 Å². The zero-order chi connectivity index (χ0) is 12.7. The first-order valence-electron chi connectivity index (χ1n) is 5.62. The SMILES string of the molecule is CN(C)CCCNC(=O)c1ccnc(CO)c1. The van der Waals surface area contributed by atoms with E-state index in [2.05, 4.69) is 15.2 Å². The summed E-state index contributed by atoms with van der Waals surface area (Å²) in [6.07, 6.45) is 2.44. The molecule has 0 unspecified atom stereocenters. The highest BCUT2D eigenvalue weighted by molar-refractivity contribution is 5.94. The number of carbonyl (C=O) groups excluding carboxylic acids is 1. The molecule has 5 heteroatoms. The molecule has 0 aromatic carbocycles. The molecule has 94 valence electrons. The van der Waals surface area contributed by atoms with Crippen molar-refractivity contribution in [3.8, 4) is 0 Å². The first-order valence-corrected chi connectivity index (χ1v) is 5.62. The summed E-state index contributed by atoms with van der Waals surface area (Å²) in [4.78, 5) is 17.7. The number of hydrogen-bond donors (Lipinski definition) is 2. The lowest BCUT2D eigenvalue weighted by atomic mass is 10.2. The second kappa shape index (κ2) is 6.98. The van der Waals surface area contributed by atoms with Crippen LogP contribution < -0.4 is 5.32 Å². The number of hydrogen-bond acceptors (Lipinski definition) is 4. The van der Waals surface area contributed by atoms with E-state index in [-0.39, 0.29) is 12.5 Å². The van der Waals surface area contributed by atoms with E-state index in [1.165, 1.54) is 6.20 Å². The fourth-order valence-electron chi connectivity index (χ4n) is 1.41. The van der Waals surface area contributed by atoms with Crippen molar-refractivity contribution in [2.45, 2.75) is 13.0 Å². The van der Waals surface area contributed by atoms with Crippen LogP contribution in [-0.2, 0) is 6.61 Å². The molecule has 0 radical (unpaired) electrons. The van der Waals surface area contributed by atoms with Gasteiger partial charge in [-0.3, -0.25) is 9.78 Å². The van der Waals surface area contributed by atoms with Crippen molar-refractivity contribution in [2.75, 3.05) is 27.2 Å².